The van der Waals surface area contributed by atoms with Crippen molar-refractivity contribution in [3.05, 3.63) is 47.1 Å². The fourth-order valence-corrected chi connectivity index (χ4v) is 2.87. The molecule has 2 aromatic rings. The van der Waals surface area contributed by atoms with Gasteiger partial charge in [0.2, 0.25) is 5.89 Å². The van der Waals surface area contributed by atoms with Crippen molar-refractivity contribution in [2.75, 3.05) is 6.54 Å². The Balaban J connectivity index is 1.67. The summed E-state index contributed by atoms with van der Waals surface area (Å²) in [5.41, 5.74) is 2.36. The largest absolute Gasteiger partial charge is 0.480 e. The lowest BCUT2D eigenvalue weighted by atomic mass is 10.1. The molecular formula is C16H19N3O3. The van der Waals surface area contributed by atoms with E-state index in [0.29, 0.717) is 31.1 Å². The highest BCUT2D eigenvalue weighted by atomic mass is 16.5. The molecule has 0 aliphatic carbocycles. The number of carboxylic acid groups (broad SMARTS) is 1. The molecule has 1 aliphatic rings. The minimum Gasteiger partial charge on any atom is -0.480 e. The third-order valence-corrected chi connectivity index (χ3v) is 4.11. The minimum atomic E-state index is -0.780. The Bertz CT molecular complexity index is 668. The number of likely N-dealkylation sites (tertiary alicyclic amines) is 1. The first-order valence-corrected chi connectivity index (χ1v) is 7.46. The molecule has 3 rings (SSSR count). The second-order valence-electron chi connectivity index (χ2n) is 5.67. The van der Waals surface area contributed by atoms with Crippen molar-refractivity contribution in [1.82, 2.24) is 15.0 Å². The smallest absolute Gasteiger partial charge is 0.320 e. The van der Waals surface area contributed by atoms with Crippen LogP contribution in [0.2, 0.25) is 0 Å². The molecule has 1 fully saturated rings. The van der Waals surface area contributed by atoms with E-state index in [1.54, 1.807) is 0 Å². The average molecular weight is 301 g/mol. The van der Waals surface area contributed by atoms with E-state index in [9.17, 15) is 9.90 Å². The molecule has 0 bridgehead atoms. The number of hydrogen-bond donors (Lipinski definition) is 1. The van der Waals surface area contributed by atoms with E-state index in [1.165, 1.54) is 11.1 Å². The summed E-state index contributed by atoms with van der Waals surface area (Å²) < 4.78 is 5.27. The molecule has 1 unspecified atom stereocenters. The number of aromatic nitrogens is 2. The molecule has 0 spiro atoms. The number of carboxylic acids is 1. The lowest BCUT2D eigenvalue weighted by Gasteiger charge is -2.18. The number of benzene rings is 1. The van der Waals surface area contributed by atoms with Crippen LogP contribution in [-0.4, -0.2) is 38.7 Å². The Morgan fingerprint density at radius 2 is 2.27 bits per heavy atom. The quantitative estimate of drug-likeness (QED) is 0.910. The summed E-state index contributed by atoms with van der Waals surface area (Å²) in [7, 11) is 0. The molecule has 6 nitrogen and oxygen atoms in total. The average Bonchev–Trinajstić information content (AvgIpc) is 3.11. The highest BCUT2D eigenvalue weighted by Crippen LogP contribution is 2.20. The summed E-state index contributed by atoms with van der Waals surface area (Å²) in [6.07, 6.45) is 2.19. The van der Waals surface area contributed by atoms with E-state index in [4.69, 9.17) is 4.52 Å². The maximum absolute atomic E-state index is 11.2. The fraction of sp³-hybridized carbons (Fsp3) is 0.438. The minimum absolute atomic E-state index is 0.401. The van der Waals surface area contributed by atoms with Gasteiger partial charge in [-0.05, 0) is 37.4 Å². The van der Waals surface area contributed by atoms with Gasteiger partial charge in [-0.25, -0.2) is 0 Å². The molecule has 0 saturated carbocycles. The van der Waals surface area contributed by atoms with E-state index in [2.05, 4.69) is 23.1 Å². The molecular weight excluding hydrogens is 282 g/mol. The van der Waals surface area contributed by atoms with Gasteiger partial charge < -0.3 is 9.63 Å². The van der Waals surface area contributed by atoms with Crippen LogP contribution in [0.15, 0.2) is 28.8 Å². The SMILES string of the molecule is Cc1ccccc1Cc1noc(CN2CCCC2C(=O)O)n1. The first kappa shape index (κ1) is 14.7. The highest BCUT2D eigenvalue weighted by Gasteiger charge is 2.31. The molecule has 1 atom stereocenters. The van der Waals surface area contributed by atoms with E-state index < -0.39 is 12.0 Å². The zero-order valence-electron chi connectivity index (χ0n) is 12.5. The Kier molecular flexibility index (Phi) is 4.20. The maximum Gasteiger partial charge on any atom is 0.320 e. The number of hydrogen-bond acceptors (Lipinski definition) is 5. The van der Waals surface area contributed by atoms with Gasteiger partial charge in [-0.3, -0.25) is 9.69 Å². The van der Waals surface area contributed by atoms with Crippen LogP contribution < -0.4 is 0 Å². The van der Waals surface area contributed by atoms with Crippen LogP contribution in [-0.2, 0) is 17.8 Å². The van der Waals surface area contributed by atoms with Crippen molar-refractivity contribution in [3.63, 3.8) is 0 Å². The number of aryl methyl sites for hydroxylation is 1. The number of nitrogens with zero attached hydrogens (tertiary/aromatic N) is 3. The van der Waals surface area contributed by atoms with Crippen molar-refractivity contribution in [3.8, 4) is 0 Å². The van der Waals surface area contributed by atoms with Gasteiger partial charge >= 0.3 is 5.97 Å². The van der Waals surface area contributed by atoms with Gasteiger partial charge in [0.05, 0.1) is 6.54 Å². The van der Waals surface area contributed by atoms with Crippen LogP contribution in [0.4, 0.5) is 0 Å². The van der Waals surface area contributed by atoms with E-state index in [1.807, 2.05) is 23.1 Å². The van der Waals surface area contributed by atoms with Crippen LogP contribution >= 0.6 is 0 Å². The van der Waals surface area contributed by atoms with Gasteiger partial charge in [-0.2, -0.15) is 4.98 Å². The normalized spacial score (nSPS) is 18.7. The predicted molar refractivity (Wildman–Crippen MR) is 79.4 cm³/mol. The number of aliphatic carboxylic acids is 1. The summed E-state index contributed by atoms with van der Waals surface area (Å²) >= 11 is 0. The lowest BCUT2D eigenvalue weighted by molar-refractivity contribution is -0.142. The van der Waals surface area contributed by atoms with Gasteiger partial charge in [0.15, 0.2) is 5.82 Å². The Labute approximate surface area is 128 Å². The van der Waals surface area contributed by atoms with Crippen LogP contribution in [0, 0.1) is 6.92 Å². The molecule has 22 heavy (non-hydrogen) atoms. The van der Waals surface area contributed by atoms with Crippen molar-refractivity contribution < 1.29 is 14.4 Å². The monoisotopic (exact) mass is 301 g/mol. The van der Waals surface area contributed by atoms with Crippen molar-refractivity contribution >= 4 is 5.97 Å². The third-order valence-electron chi connectivity index (χ3n) is 4.11. The highest BCUT2D eigenvalue weighted by molar-refractivity contribution is 5.73. The first-order valence-electron chi connectivity index (χ1n) is 7.46. The summed E-state index contributed by atoms with van der Waals surface area (Å²) in [6.45, 7) is 3.21. The summed E-state index contributed by atoms with van der Waals surface area (Å²) in [4.78, 5) is 17.5. The molecule has 1 N–H and O–H groups in total. The van der Waals surface area contributed by atoms with E-state index >= 15 is 0 Å². The zero-order valence-corrected chi connectivity index (χ0v) is 12.5. The molecule has 1 saturated heterocycles. The Morgan fingerprint density at radius 3 is 3.05 bits per heavy atom. The zero-order chi connectivity index (χ0) is 15.5. The molecule has 1 aliphatic heterocycles. The molecule has 116 valence electrons. The van der Waals surface area contributed by atoms with Gasteiger partial charge in [0.1, 0.15) is 6.04 Å². The standard InChI is InChI=1S/C16H19N3O3/c1-11-5-2-3-6-12(11)9-14-17-15(22-18-14)10-19-8-4-7-13(19)16(20)21/h2-3,5-6,13H,4,7-10H2,1H3,(H,20,21). The summed E-state index contributed by atoms with van der Waals surface area (Å²) in [6, 6.07) is 7.65. The fourth-order valence-electron chi connectivity index (χ4n) is 2.87. The van der Waals surface area contributed by atoms with Gasteiger partial charge in [-0.1, -0.05) is 29.4 Å². The van der Waals surface area contributed by atoms with Crippen molar-refractivity contribution in [2.45, 2.75) is 38.8 Å². The van der Waals surface area contributed by atoms with Gasteiger partial charge in [0.25, 0.3) is 0 Å². The van der Waals surface area contributed by atoms with Crippen molar-refractivity contribution in [2.24, 2.45) is 0 Å². The van der Waals surface area contributed by atoms with Crippen LogP contribution in [0.1, 0.15) is 35.7 Å². The lowest BCUT2D eigenvalue weighted by Crippen LogP contribution is -2.35. The number of rotatable bonds is 5. The van der Waals surface area contributed by atoms with Crippen LogP contribution in [0.5, 0.6) is 0 Å². The Morgan fingerprint density at radius 1 is 1.45 bits per heavy atom. The summed E-state index contributed by atoms with van der Waals surface area (Å²) in [5.74, 6) is 0.337. The van der Waals surface area contributed by atoms with Crippen LogP contribution in [0.25, 0.3) is 0 Å². The molecule has 2 heterocycles. The van der Waals surface area contributed by atoms with E-state index in [-0.39, 0.29) is 0 Å². The maximum atomic E-state index is 11.2. The van der Waals surface area contributed by atoms with E-state index in [0.717, 1.165) is 13.0 Å². The molecule has 6 heteroatoms. The molecule has 0 amide bonds. The molecule has 0 radical (unpaired) electrons. The first-order chi connectivity index (χ1) is 10.6. The van der Waals surface area contributed by atoms with Crippen LogP contribution in [0.3, 0.4) is 0 Å². The predicted octanol–water partition coefficient (Wildman–Crippen LogP) is 2.02. The topological polar surface area (TPSA) is 79.5 Å². The number of carbonyl (C=O) groups is 1. The Hall–Kier alpha value is -2.21. The third kappa shape index (κ3) is 3.17. The molecule has 1 aromatic carbocycles. The summed E-state index contributed by atoms with van der Waals surface area (Å²) in [5, 5.41) is 13.2. The van der Waals surface area contributed by atoms with Crippen molar-refractivity contribution in [1.29, 1.82) is 0 Å². The second-order valence-corrected chi connectivity index (χ2v) is 5.67. The molecule has 1 aromatic heterocycles. The second kappa shape index (κ2) is 6.27. The van der Waals surface area contributed by atoms with Gasteiger partial charge in [0, 0.05) is 6.42 Å². The van der Waals surface area contributed by atoms with Gasteiger partial charge in [-0.15, -0.1) is 0 Å².